The zero-order valence-corrected chi connectivity index (χ0v) is 16.7. The topological polar surface area (TPSA) is 52.6 Å². The van der Waals surface area contributed by atoms with Gasteiger partial charge in [0.2, 0.25) is 0 Å². The summed E-state index contributed by atoms with van der Waals surface area (Å²) in [5.41, 5.74) is 2.36. The Bertz CT molecular complexity index is 1030. The number of hydrogen-bond donors (Lipinski definition) is 0. The molecular formula is C22H21FO4S. The Morgan fingerprint density at radius 3 is 2.39 bits per heavy atom. The van der Waals surface area contributed by atoms with E-state index in [4.69, 9.17) is 9.47 Å². The largest absolute Gasteiger partial charge is 0.469 e. The maximum absolute atomic E-state index is 13.9. The fraction of sp³-hybridized carbons (Fsp3) is 0.227. The number of carbonyl (C=O) groups excluding carboxylic acids is 1. The van der Waals surface area contributed by atoms with Crippen molar-refractivity contribution in [3.63, 3.8) is 0 Å². The van der Waals surface area contributed by atoms with E-state index in [2.05, 4.69) is 0 Å². The average Bonchev–Trinajstić information content (AvgIpc) is 2.69. The second-order valence-corrected chi connectivity index (χ2v) is 7.82. The van der Waals surface area contributed by atoms with Gasteiger partial charge in [-0.2, -0.15) is 0 Å². The average molecular weight is 400 g/mol. The predicted molar refractivity (Wildman–Crippen MR) is 107 cm³/mol. The Morgan fingerprint density at radius 2 is 1.79 bits per heavy atom. The van der Waals surface area contributed by atoms with Crippen molar-refractivity contribution in [2.45, 2.75) is 17.4 Å². The number of carbonyl (C=O) groups is 1. The quantitative estimate of drug-likeness (QED) is 0.583. The van der Waals surface area contributed by atoms with Gasteiger partial charge in [-0.3, -0.25) is 9.00 Å². The molecule has 0 heterocycles. The summed E-state index contributed by atoms with van der Waals surface area (Å²) in [5, 5.41) is 1.52. The fourth-order valence-electron chi connectivity index (χ4n) is 3.26. The monoisotopic (exact) mass is 400 g/mol. The Kier molecular flexibility index (Phi) is 6.21. The van der Waals surface area contributed by atoms with Gasteiger partial charge >= 0.3 is 5.97 Å². The SMILES string of the molecule is COC(=O)Cc1cc(C(OC)c2ccc(S(C)=O)cc2)c2cc(F)ccc2c1. The summed E-state index contributed by atoms with van der Waals surface area (Å²) in [7, 11) is 1.85. The van der Waals surface area contributed by atoms with Crippen LogP contribution in [0.2, 0.25) is 0 Å². The van der Waals surface area contributed by atoms with Gasteiger partial charge in [0.05, 0.1) is 13.5 Å². The summed E-state index contributed by atoms with van der Waals surface area (Å²) < 4.78 is 36.1. The van der Waals surface area contributed by atoms with Crippen LogP contribution in [0, 0.1) is 5.82 Å². The van der Waals surface area contributed by atoms with Crippen molar-refractivity contribution in [1.82, 2.24) is 0 Å². The van der Waals surface area contributed by atoms with E-state index in [9.17, 15) is 13.4 Å². The van der Waals surface area contributed by atoms with Crippen LogP contribution in [0.4, 0.5) is 4.39 Å². The summed E-state index contributed by atoms with van der Waals surface area (Å²) in [6.07, 6.45) is 1.26. The van der Waals surface area contributed by atoms with Crippen LogP contribution in [-0.4, -0.2) is 30.7 Å². The van der Waals surface area contributed by atoms with Crippen LogP contribution in [0.1, 0.15) is 22.8 Å². The third kappa shape index (κ3) is 4.29. The van der Waals surface area contributed by atoms with Crippen molar-refractivity contribution in [3.05, 3.63) is 77.1 Å². The van der Waals surface area contributed by atoms with Crippen LogP contribution in [0.25, 0.3) is 10.8 Å². The molecule has 2 atom stereocenters. The summed E-state index contributed by atoms with van der Waals surface area (Å²) in [4.78, 5) is 12.5. The van der Waals surface area contributed by atoms with Gasteiger partial charge in [-0.05, 0) is 51.7 Å². The number of esters is 1. The molecule has 0 aliphatic carbocycles. The van der Waals surface area contributed by atoms with E-state index in [0.29, 0.717) is 10.3 Å². The molecule has 4 nitrogen and oxygen atoms in total. The van der Waals surface area contributed by atoms with Crippen molar-refractivity contribution in [1.29, 1.82) is 0 Å². The highest BCUT2D eigenvalue weighted by Crippen LogP contribution is 2.33. The fourth-order valence-corrected chi connectivity index (χ4v) is 3.78. The third-order valence-electron chi connectivity index (χ3n) is 4.62. The minimum atomic E-state index is -1.08. The van der Waals surface area contributed by atoms with E-state index in [1.807, 2.05) is 24.3 Å². The Morgan fingerprint density at radius 1 is 1.07 bits per heavy atom. The third-order valence-corrected chi connectivity index (χ3v) is 5.55. The second-order valence-electron chi connectivity index (χ2n) is 6.44. The van der Waals surface area contributed by atoms with Crippen LogP contribution in [0.15, 0.2) is 59.5 Å². The predicted octanol–water partition coefficient (Wildman–Crippen LogP) is 4.17. The van der Waals surface area contributed by atoms with E-state index in [1.165, 1.54) is 19.2 Å². The van der Waals surface area contributed by atoms with Crippen molar-refractivity contribution in [2.24, 2.45) is 0 Å². The molecule has 0 spiro atoms. The molecular weight excluding hydrogens is 379 g/mol. The summed E-state index contributed by atoms with van der Waals surface area (Å²) in [5.74, 6) is -0.697. The Hall–Kier alpha value is -2.57. The normalized spacial score (nSPS) is 13.3. The standard InChI is InChI=1S/C22H21FO4S/c1-26-21(24)12-14-10-16-4-7-17(23)13-19(16)20(11-14)22(27-2)15-5-8-18(9-6-15)28(3)25/h4-11,13,22H,12H2,1-3H3. The molecule has 3 aromatic carbocycles. The van der Waals surface area contributed by atoms with E-state index in [1.54, 1.807) is 31.6 Å². The molecule has 3 rings (SSSR count). The highest BCUT2D eigenvalue weighted by molar-refractivity contribution is 7.84. The van der Waals surface area contributed by atoms with Crippen molar-refractivity contribution in [3.8, 4) is 0 Å². The van der Waals surface area contributed by atoms with Crippen LogP contribution < -0.4 is 0 Å². The maximum atomic E-state index is 13.9. The van der Waals surface area contributed by atoms with Crippen LogP contribution >= 0.6 is 0 Å². The number of rotatable bonds is 6. The van der Waals surface area contributed by atoms with Crippen LogP contribution in [0.5, 0.6) is 0 Å². The van der Waals surface area contributed by atoms with Gasteiger partial charge in [0, 0.05) is 29.1 Å². The number of ether oxygens (including phenoxy) is 2. The molecule has 0 amide bonds. The first-order valence-corrected chi connectivity index (χ1v) is 10.2. The van der Waals surface area contributed by atoms with E-state index < -0.39 is 16.9 Å². The number of methoxy groups -OCH3 is 2. The van der Waals surface area contributed by atoms with Crippen molar-refractivity contribution >= 4 is 27.5 Å². The first-order chi connectivity index (χ1) is 13.4. The highest BCUT2D eigenvalue weighted by atomic mass is 32.2. The van der Waals surface area contributed by atoms with E-state index >= 15 is 0 Å². The van der Waals surface area contributed by atoms with E-state index in [0.717, 1.165) is 22.1 Å². The second kappa shape index (κ2) is 8.63. The van der Waals surface area contributed by atoms with E-state index in [-0.39, 0.29) is 18.2 Å². The molecule has 28 heavy (non-hydrogen) atoms. The molecule has 3 aromatic rings. The zero-order valence-electron chi connectivity index (χ0n) is 15.9. The maximum Gasteiger partial charge on any atom is 0.309 e. The molecule has 0 saturated heterocycles. The molecule has 146 valence electrons. The molecule has 0 aliphatic heterocycles. The lowest BCUT2D eigenvalue weighted by molar-refractivity contribution is -0.139. The molecule has 0 aliphatic rings. The molecule has 0 fully saturated rings. The van der Waals surface area contributed by atoms with Gasteiger partial charge in [-0.1, -0.05) is 30.3 Å². The molecule has 0 aromatic heterocycles. The number of hydrogen-bond acceptors (Lipinski definition) is 4. The summed E-state index contributed by atoms with van der Waals surface area (Å²) in [6, 6.07) is 15.5. The zero-order chi connectivity index (χ0) is 20.3. The number of fused-ring (bicyclic) bond motifs is 1. The number of halogens is 1. The van der Waals surface area contributed by atoms with Gasteiger partial charge in [0.1, 0.15) is 11.9 Å². The van der Waals surface area contributed by atoms with Crippen molar-refractivity contribution < 1.29 is 22.9 Å². The Balaban J connectivity index is 2.15. The van der Waals surface area contributed by atoms with Gasteiger partial charge < -0.3 is 9.47 Å². The minimum absolute atomic E-state index is 0.112. The molecule has 0 radical (unpaired) electrons. The van der Waals surface area contributed by atoms with Crippen LogP contribution in [-0.2, 0) is 31.5 Å². The lowest BCUT2D eigenvalue weighted by atomic mass is 9.92. The minimum Gasteiger partial charge on any atom is -0.469 e. The van der Waals surface area contributed by atoms with Gasteiger partial charge in [0.25, 0.3) is 0 Å². The summed E-state index contributed by atoms with van der Waals surface area (Å²) >= 11 is 0. The molecule has 0 N–H and O–H groups in total. The first-order valence-electron chi connectivity index (χ1n) is 8.68. The Labute approximate surface area is 165 Å². The number of benzene rings is 3. The van der Waals surface area contributed by atoms with Gasteiger partial charge in [0.15, 0.2) is 0 Å². The smallest absolute Gasteiger partial charge is 0.309 e. The van der Waals surface area contributed by atoms with Gasteiger partial charge in [-0.15, -0.1) is 0 Å². The first kappa shape index (κ1) is 20.2. The van der Waals surface area contributed by atoms with Crippen LogP contribution in [0.3, 0.4) is 0 Å². The molecule has 0 saturated carbocycles. The lowest BCUT2D eigenvalue weighted by Crippen LogP contribution is -2.08. The highest BCUT2D eigenvalue weighted by Gasteiger charge is 2.19. The molecule has 2 unspecified atom stereocenters. The van der Waals surface area contributed by atoms with Crippen molar-refractivity contribution in [2.75, 3.05) is 20.5 Å². The summed E-state index contributed by atoms with van der Waals surface area (Å²) in [6.45, 7) is 0. The molecule has 6 heteroatoms. The van der Waals surface area contributed by atoms with Gasteiger partial charge in [-0.25, -0.2) is 4.39 Å². The lowest BCUT2D eigenvalue weighted by Gasteiger charge is -2.20. The molecule has 0 bridgehead atoms.